The molecule has 2 aliphatic carbocycles. The van der Waals surface area contributed by atoms with Crippen molar-refractivity contribution in [3.05, 3.63) is 0 Å². The standard InChI is InChI=1S/C11H11F6NO3/c12-9(13,11(16,17)10(14,15)8(20)21)7(19)18(5-1-2-5)6-3-4-6/h5-6H,1-4H2,(H,20,21). The Labute approximate surface area is 114 Å². The van der Waals surface area contributed by atoms with Crippen molar-refractivity contribution in [1.29, 1.82) is 0 Å². The smallest absolute Gasteiger partial charge is 0.411 e. The van der Waals surface area contributed by atoms with E-state index in [1.807, 2.05) is 0 Å². The third-order valence-corrected chi connectivity index (χ3v) is 3.44. The number of carboxylic acid groups (broad SMARTS) is 1. The lowest BCUT2D eigenvalue weighted by molar-refractivity contribution is -0.296. The first kappa shape index (κ1) is 15.9. The summed E-state index contributed by atoms with van der Waals surface area (Å²) in [6.45, 7) is 0. The number of hydrogen-bond donors (Lipinski definition) is 1. The molecule has 0 aromatic rings. The van der Waals surface area contributed by atoms with Crippen molar-refractivity contribution in [3.63, 3.8) is 0 Å². The van der Waals surface area contributed by atoms with Gasteiger partial charge in [0.25, 0.3) is 5.91 Å². The highest BCUT2D eigenvalue weighted by Crippen LogP contribution is 2.49. The molecule has 0 aliphatic heterocycles. The highest BCUT2D eigenvalue weighted by Gasteiger charge is 2.79. The second kappa shape index (κ2) is 4.51. The van der Waals surface area contributed by atoms with Crippen molar-refractivity contribution in [2.45, 2.75) is 55.5 Å². The number of amides is 1. The Morgan fingerprint density at radius 1 is 0.857 bits per heavy atom. The molecular formula is C11H11F6NO3. The first-order valence-electron chi connectivity index (χ1n) is 6.14. The van der Waals surface area contributed by atoms with E-state index in [4.69, 9.17) is 5.11 Å². The highest BCUT2D eigenvalue weighted by atomic mass is 19.3. The maximum atomic E-state index is 13.6. The number of rotatable bonds is 6. The van der Waals surface area contributed by atoms with Crippen LogP contribution in [0.25, 0.3) is 0 Å². The molecule has 0 atom stereocenters. The summed E-state index contributed by atoms with van der Waals surface area (Å²) in [5.74, 6) is -24.0. The molecule has 0 saturated heterocycles. The number of alkyl halides is 6. The van der Waals surface area contributed by atoms with E-state index >= 15 is 0 Å². The third-order valence-electron chi connectivity index (χ3n) is 3.44. The minimum Gasteiger partial charge on any atom is -0.477 e. The molecule has 1 amide bonds. The fourth-order valence-electron chi connectivity index (χ4n) is 1.96. The van der Waals surface area contributed by atoms with Crippen LogP contribution in [0.2, 0.25) is 0 Å². The van der Waals surface area contributed by atoms with Crippen molar-refractivity contribution in [2.24, 2.45) is 0 Å². The molecule has 0 heterocycles. The second-order valence-corrected chi connectivity index (χ2v) is 5.20. The predicted molar refractivity (Wildman–Crippen MR) is 55.4 cm³/mol. The van der Waals surface area contributed by atoms with Crippen LogP contribution in [0.5, 0.6) is 0 Å². The molecule has 0 unspecified atom stereocenters. The van der Waals surface area contributed by atoms with Gasteiger partial charge in [0.15, 0.2) is 0 Å². The Hall–Kier alpha value is -1.48. The molecule has 1 N–H and O–H groups in total. The van der Waals surface area contributed by atoms with E-state index < -0.39 is 41.7 Å². The van der Waals surface area contributed by atoms with E-state index in [-0.39, 0.29) is 0 Å². The normalized spacial score (nSPS) is 20.3. The van der Waals surface area contributed by atoms with Gasteiger partial charge in [0.1, 0.15) is 0 Å². The Morgan fingerprint density at radius 2 is 1.24 bits per heavy atom. The maximum absolute atomic E-state index is 13.6. The first-order chi connectivity index (χ1) is 9.44. The minimum absolute atomic E-state index is 0.333. The number of halogens is 6. The molecule has 0 radical (unpaired) electrons. The zero-order valence-corrected chi connectivity index (χ0v) is 10.5. The van der Waals surface area contributed by atoms with Crippen LogP contribution in [0.15, 0.2) is 0 Å². The van der Waals surface area contributed by atoms with Crippen LogP contribution in [0.3, 0.4) is 0 Å². The zero-order valence-electron chi connectivity index (χ0n) is 10.5. The van der Waals surface area contributed by atoms with E-state index in [0.717, 1.165) is 0 Å². The number of aliphatic carboxylic acids is 1. The number of carbonyl (C=O) groups excluding carboxylic acids is 1. The summed E-state index contributed by atoms with van der Waals surface area (Å²) in [5.41, 5.74) is 0. The summed E-state index contributed by atoms with van der Waals surface area (Å²) >= 11 is 0. The van der Waals surface area contributed by atoms with Crippen LogP contribution in [0.1, 0.15) is 25.7 Å². The minimum atomic E-state index is -6.31. The maximum Gasteiger partial charge on any atom is 0.411 e. The average molecular weight is 319 g/mol. The number of hydrogen-bond acceptors (Lipinski definition) is 2. The molecule has 2 aliphatic rings. The Balaban J connectivity index is 2.30. The van der Waals surface area contributed by atoms with Gasteiger partial charge < -0.3 is 10.0 Å². The van der Waals surface area contributed by atoms with Crippen molar-refractivity contribution >= 4 is 11.9 Å². The van der Waals surface area contributed by atoms with Gasteiger partial charge in [-0.1, -0.05) is 0 Å². The largest absolute Gasteiger partial charge is 0.477 e. The van der Waals surface area contributed by atoms with Crippen LogP contribution in [-0.4, -0.2) is 51.7 Å². The molecule has 2 rings (SSSR count). The van der Waals surface area contributed by atoms with Gasteiger partial charge in [-0.05, 0) is 25.7 Å². The molecule has 2 saturated carbocycles. The molecule has 0 aromatic heterocycles. The van der Waals surface area contributed by atoms with Gasteiger partial charge >= 0.3 is 23.7 Å². The molecule has 10 heteroatoms. The molecule has 0 bridgehead atoms. The molecule has 120 valence electrons. The lowest BCUT2D eigenvalue weighted by Gasteiger charge is -2.33. The van der Waals surface area contributed by atoms with Crippen molar-refractivity contribution in [1.82, 2.24) is 4.90 Å². The summed E-state index contributed by atoms with van der Waals surface area (Å²) in [7, 11) is 0. The number of nitrogens with zero attached hydrogens (tertiary/aromatic N) is 1. The van der Waals surface area contributed by atoms with Gasteiger partial charge in [0, 0.05) is 12.1 Å². The van der Waals surface area contributed by atoms with Gasteiger partial charge in [-0.3, -0.25) is 4.79 Å². The lowest BCUT2D eigenvalue weighted by atomic mass is 10.0. The lowest BCUT2D eigenvalue weighted by Crippen LogP contribution is -2.64. The molecule has 0 aromatic carbocycles. The first-order valence-corrected chi connectivity index (χ1v) is 6.14. The van der Waals surface area contributed by atoms with Gasteiger partial charge in [-0.2, -0.15) is 26.3 Å². The Kier molecular flexibility index (Phi) is 3.41. The van der Waals surface area contributed by atoms with Crippen LogP contribution in [0, 0.1) is 0 Å². The quantitative estimate of drug-likeness (QED) is 0.763. The van der Waals surface area contributed by atoms with Crippen LogP contribution in [0.4, 0.5) is 26.3 Å². The second-order valence-electron chi connectivity index (χ2n) is 5.20. The summed E-state index contributed by atoms with van der Waals surface area (Å²) in [4.78, 5) is 22.2. The van der Waals surface area contributed by atoms with Crippen molar-refractivity contribution < 1.29 is 41.0 Å². The molecule has 4 nitrogen and oxygen atoms in total. The van der Waals surface area contributed by atoms with E-state index in [0.29, 0.717) is 30.6 Å². The summed E-state index contributed by atoms with van der Waals surface area (Å²) < 4.78 is 79.5. The monoisotopic (exact) mass is 319 g/mol. The predicted octanol–water partition coefficient (Wildman–Crippen LogP) is 2.13. The van der Waals surface area contributed by atoms with Gasteiger partial charge in [-0.25, -0.2) is 4.79 Å². The van der Waals surface area contributed by atoms with E-state index in [1.54, 1.807) is 0 Å². The SMILES string of the molecule is O=C(O)C(F)(F)C(F)(F)C(F)(F)C(=O)N(C1CC1)C1CC1. The number of carboxylic acids is 1. The van der Waals surface area contributed by atoms with Gasteiger partial charge in [0.2, 0.25) is 0 Å². The molecule has 21 heavy (non-hydrogen) atoms. The average Bonchev–Trinajstić information content (AvgIpc) is 3.22. The van der Waals surface area contributed by atoms with E-state index in [1.165, 1.54) is 0 Å². The highest BCUT2D eigenvalue weighted by molar-refractivity contribution is 5.88. The van der Waals surface area contributed by atoms with Crippen molar-refractivity contribution in [2.75, 3.05) is 0 Å². The Bertz CT molecular complexity index is 461. The fraction of sp³-hybridized carbons (Fsp3) is 0.818. The molecule has 2 fully saturated rings. The zero-order chi connectivity index (χ0) is 16.2. The number of carbonyl (C=O) groups is 2. The fourth-order valence-corrected chi connectivity index (χ4v) is 1.96. The third kappa shape index (κ3) is 2.34. The van der Waals surface area contributed by atoms with Crippen LogP contribution in [-0.2, 0) is 9.59 Å². The summed E-state index contributed by atoms with van der Waals surface area (Å²) in [6.07, 6.45) is 1.33. The van der Waals surface area contributed by atoms with Crippen molar-refractivity contribution in [3.8, 4) is 0 Å². The topological polar surface area (TPSA) is 57.6 Å². The van der Waals surface area contributed by atoms with Crippen LogP contribution >= 0.6 is 0 Å². The van der Waals surface area contributed by atoms with Crippen LogP contribution < -0.4 is 0 Å². The summed E-state index contributed by atoms with van der Waals surface area (Å²) in [5, 5.41) is 8.02. The Morgan fingerprint density at radius 3 is 1.52 bits per heavy atom. The molecule has 0 spiro atoms. The van der Waals surface area contributed by atoms with Gasteiger partial charge in [0.05, 0.1) is 0 Å². The summed E-state index contributed by atoms with van der Waals surface area (Å²) in [6, 6.07) is -1.32. The van der Waals surface area contributed by atoms with E-state index in [9.17, 15) is 35.9 Å². The molecular weight excluding hydrogens is 308 g/mol. The van der Waals surface area contributed by atoms with E-state index in [2.05, 4.69) is 0 Å². The van der Waals surface area contributed by atoms with Gasteiger partial charge in [-0.15, -0.1) is 0 Å².